The van der Waals surface area contributed by atoms with Gasteiger partial charge in [0.05, 0.1) is 7.11 Å². The highest BCUT2D eigenvalue weighted by Gasteiger charge is 2.19. The summed E-state index contributed by atoms with van der Waals surface area (Å²) in [6, 6.07) is 6.15. The van der Waals surface area contributed by atoms with Crippen molar-refractivity contribution in [1.29, 1.82) is 0 Å². The number of methoxy groups -OCH3 is 1. The van der Waals surface area contributed by atoms with Crippen molar-refractivity contribution in [2.24, 2.45) is 9.98 Å². The summed E-state index contributed by atoms with van der Waals surface area (Å²) in [7, 11) is 1.22. The summed E-state index contributed by atoms with van der Waals surface area (Å²) in [4.78, 5) is 19.1. The Hall–Kier alpha value is -3.02. The van der Waals surface area contributed by atoms with Gasteiger partial charge < -0.3 is 9.84 Å². The van der Waals surface area contributed by atoms with Crippen LogP contribution < -0.4 is 0 Å². The lowest BCUT2D eigenvalue weighted by Crippen LogP contribution is -2.11. The number of rotatable bonds is 5. The van der Waals surface area contributed by atoms with E-state index in [2.05, 4.69) is 21.4 Å². The van der Waals surface area contributed by atoms with Crippen LogP contribution in [0.1, 0.15) is 12.0 Å². The Morgan fingerprint density at radius 3 is 2.75 bits per heavy atom. The number of aliphatic imine (C=N–C) groups is 2. The van der Waals surface area contributed by atoms with Gasteiger partial charge in [-0.3, -0.25) is 4.99 Å². The Morgan fingerprint density at radius 2 is 2.17 bits per heavy atom. The summed E-state index contributed by atoms with van der Waals surface area (Å²) in [5, 5.41) is 9.93. The molecule has 0 unspecified atom stereocenters. The number of carbonyl (C=O) groups is 1. The molecule has 2 rings (SSSR count). The van der Waals surface area contributed by atoms with E-state index in [4.69, 9.17) is 0 Å². The number of halogens is 1. The van der Waals surface area contributed by atoms with E-state index in [1.165, 1.54) is 25.5 Å². The van der Waals surface area contributed by atoms with Gasteiger partial charge in [-0.2, -0.15) is 0 Å². The summed E-state index contributed by atoms with van der Waals surface area (Å²) in [5.74, 6) is -1.13. The molecule has 6 heteroatoms. The van der Waals surface area contributed by atoms with Crippen LogP contribution in [0.4, 0.5) is 4.39 Å². The summed E-state index contributed by atoms with van der Waals surface area (Å²) in [5.41, 5.74) is 2.33. The van der Waals surface area contributed by atoms with E-state index in [0.29, 0.717) is 12.0 Å². The number of carbonyl (C=O) groups excluding carboxylic acids is 1. The minimum atomic E-state index is -0.683. The Balaban J connectivity index is 2.18. The predicted octanol–water partition coefficient (Wildman–Crippen LogP) is 3.30. The zero-order valence-corrected chi connectivity index (χ0v) is 13.2. The predicted molar refractivity (Wildman–Crippen MR) is 90.6 cm³/mol. The van der Waals surface area contributed by atoms with Crippen molar-refractivity contribution in [3.63, 3.8) is 0 Å². The fraction of sp³-hybridized carbons (Fsp3) is 0.167. The van der Waals surface area contributed by atoms with Gasteiger partial charge in [-0.15, -0.1) is 0 Å². The molecule has 0 fully saturated rings. The Kier molecular flexibility index (Phi) is 5.78. The quantitative estimate of drug-likeness (QED) is 0.666. The topological polar surface area (TPSA) is 71.2 Å². The number of ether oxygens (including phenoxy) is 1. The van der Waals surface area contributed by atoms with E-state index in [1.54, 1.807) is 24.4 Å². The molecule has 5 nitrogen and oxygen atoms in total. The van der Waals surface area contributed by atoms with E-state index in [-0.39, 0.29) is 23.7 Å². The van der Waals surface area contributed by atoms with Crippen molar-refractivity contribution in [2.75, 3.05) is 7.11 Å². The normalized spacial score (nSPS) is 16.4. The van der Waals surface area contributed by atoms with Gasteiger partial charge in [0.25, 0.3) is 0 Å². The summed E-state index contributed by atoms with van der Waals surface area (Å²) < 4.78 is 17.5. The maximum Gasteiger partial charge on any atom is 0.360 e. The van der Waals surface area contributed by atoms with Gasteiger partial charge >= 0.3 is 5.97 Å². The molecular formula is C18H17FN2O3. The van der Waals surface area contributed by atoms with Crippen molar-refractivity contribution in [3.8, 4) is 0 Å². The van der Waals surface area contributed by atoms with E-state index in [9.17, 15) is 14.3 Å². The average Bonchev–Trinajstić information content (AvgIpc) is 2.56. The van der Waals surface area contributed by atoms with Crippen LogP contribution in [0.5, 0.6) is 0 Å². The molecule has 0 radical (unpaired) electrons. The van der Waals surface area contributed by atoms with Crippen molar-refractivity contribution >= 4 is 18.9 Å². The molecule has 0 atom stereocenters. The average molecular weight is 328 g/mol. The lowest BCUT2D eigenvalue weighted by molar-refractivity contribution is -0.136. The minimum absolute atomic E-state index is 0.0967. The molecule has 0 spiro atoms. The van der Waals surface area contributed by atoms with E-state index in [1.807, 2.05) is 0 Å². The first-order valence-electron chi connectivity index (χ1n) is 7.18. The van der Waals surface area contributed by atoms with Gasteiger partial charge in [0.2, 0.25) is 0 Å². The van der Waals surface area contributed by atoms with E-state index < -0.39 is 5.97 Å². The first-order chi connectivity index (χ1) is 11.5. The van der Waals surface area contributed by atoms with Gasteiger partial charge in [0.1, 0.15) is 11.6 Å². The summed E-state index contributed by atoms with van der Waals surface area (Å²) in [6.45, 7) is 3.44. The standard InChI is InChI=1S/C18H17FN2O3/c1-20-10-13(7-12-3-5-15(19)6-4-12)8-14-9-16(22)17(21-11-14)18(23)24-2/h3-6,8,10-11,22H,1,7,9H2,2H3/b13-10-,14-8+. The number of allylic oxidation sites excluding steroid dienone is 3. The molecular weight excluding hydrogens is 311 g/mol. The molecule has 1 aromatic rings. The number of hydrogen-bond donors (Lipinski definition) is 1. The van der Waals surface area contributed by atoms with Crippen LogP contribution in [0.3, 0.4) is 0 Å². The highest BCUT2D eigenvalue weighted by Crippen LogP contribution is 2.21. The van der Waals surface area contributed by atoms with E-state index >= 15 is 0 Å². The summed E-state index contributed by atoms with van der Waals surface area (Å²) >= 11 is 0. The highest BCUT2D eigenvalue weighted by molar-refractivity contribution is 5.94. The molecule has 0 saturated heterocycles. The second-order valence-corrected chi connectivity index (χ2v) is 5.13. The van der Waals surface area contributed by atoms with Crippen LogP contribution in [0.15, 0.2) is 69.1 Å². The molecule has 0 saturated carbocycles. The largest absolute Gasteiger partial charge is 0.509 e. The van der Waals surface area contributed by atoms with Crippen LogP contribution in [-0.4, -0.2) is 31.1 Å². The molecule has 0 amide bonds. The Morgan fingerprint density at radius 1 is 1.46 bits per heavy atom. The fourth-order valence-electron chi connectivity index (χ4n) is 2.23. The second-order valence-electron chi connectivity index (χ2n) is 5.13. The maximum absolute atomic E-state index is 13.0. The Bertz CT molecular complexity index is 759. The molecule has 0 aliphatic carbocycles. The third-order valence-corrected chi connectivity index (χ3v) is 3.33. The minimum Gasteiger partial charge on any atom is -0.509 e. The third kappa shape index (κ3) is 4.49. The van der Waals surface area contributed by atoms with Gasteiger partial charge in [-0.1, -0.05) is 18.2 Å². The van der Waals surface area contributed by atoms with Gasteiger partial charge in [0, 0.05) is 18.8 Å². The van der Waals surface area contributed by atoms with Gasteiger partial charge in [-0.05, 0) is 42.0 Å². The number of benzene rings is 1. The SMILES string of the molecule is C=N/C=C(\C=C1\C=NC(C(=O)OC)=C(O)C1)Cc1ccc(F)cc1. The molecule has 0 bridgehead atoms. The lowest BCUT2D eigenvalue weighted by atomic mass is 10.0. The lowest BCUT2D eigenvalue weighted by Gasteiger charge is -2.12. The van der Waals surface area contributed by atoms with Gasteiger partial charge in [-0.25, -0.2) is 14.2 Å². The molecule has 0 aromatic heterocycles. The summed E-state index contributed by atoms with van der Waals surface area (Å²) in [6.07, 6.45) is 5.55. The zero-order chi connectivity index (χ0) is 17.5. The number of esters is 1. The fourth-order valence-corrected chi connectivity index (χ4v) is 2.23. The van der Waals surface area contributed by atoms with Crippen molar-refractivity contribution in [1.82, 2.24) is 0 Å². The number of hydrogen-bond acceptors (Lipinski definition) is 5. The molecule has 124 valence electrons. The number of aliphatic hydroxyl groups excluding tert-OH is 1. The molecule has 1 N–H and O–H groups in total. The van der Waals surface area contributed by atoms with Crippen LogP contribution in [-0.2, 0) is 16.0 Å². The van der Waals surface area contributed by atoms with Crippen molar-refractivity contribution in [2.45, 2.75) is 12.8 Å². The van der Waals surface area contributed by atoms with Gasteiger partial charge in [0.15, 0.2) is 5.70 Å². The smallest absolute Gasteiger partial charge is 0.360 e. The third-order valence-electron chi connectivity index (χ3n) is 3.33. The van der Waals surface area contributed by atoms with Crippen LogP contribution >= 0.6 is 0 Å². The molecule has 1 aliphatic rings. The van der Waals surface area contributed by atoms with Crippen LogP contribution in [0.25, 0.3) is 0 Å². The second kappa shape index (κ2) is 8.01. The van der Waals surface area contributed by atoms with E-state index in [0.717, 1.165) is 11.1 Å². The number of aliphatic hydroxyl groups is 1. The van der Waals surface area contributed by atoms with Crippen LogP contribution in [0, 0.1) is 5.82 Å². The zero-order valence-electron chi connectivity index (χ0n) is 13.2. The van der Waals surface area contributed by atoms with Crippen LogP contribution in [0.2, 0.25) is 0 Å². The maximum atomic E-state index is 13.0. The molecule has 1 heterocycles. The highest BCUT2D eigenvalue weighted by atomic mass is 19.1. The first-order valence-corrected chi connectivity index (χ1v) is 7.18. The number of nitrogens with zero attached hydrogens (tertiary/aromatic N) is 2. The molecule has 24 heavy (non-hydrogen) atoms. The Labute approximate surface area is 139 Å². The molecule has 1 aromatic carbocycles. The molecule has 1 aliphatic heterocycles. The first kappa shape index (κ1) is 17.3. The van der Waals surface area contributed by atoms with Crippen molar-refractivity contribution < 1.29 is 19.0 Å². The monoisotopic (exact) mass is 328 g/mol. The van der Waals surface area contributed by atoms with Crippen molar-refractivity contribution in [3.05, 3.63) is 70.5 Å².